The van der Waals surface area contributed by atoms with Crippen molar-refractivity contribution in [2.45, 2.75) is 19.3 Å². The van der Waals surface area contributed by atoms with Crippen LogP contribution in [0.3, 0.4) is 0 Å². The van der Waals surface area contributed by atoms with Crippen LogP contribution >= 0.6 is 0 Å². The maximum Gasteiger partial charge on any atom is 0.309 e. The molecule has 0 spiro atoms. The van der Waals surface area contributed by atoms with Crippen molar-refractivity contribution in [3.8, 4) is 28.5 Å². The summed E-state index contributed by atoms with van der Waals surface area (Å²) >= 11 is 0. The first-order valence-corrected chi connectivity index (χ1v) is 13.7. The molecule has 2 aromatic heterocycles. The van der Waals surface area contributed by atoms with E-state index in [-0.39, 0.29) is 0 Å². The molecule has 0 aliphatic rings. The molecule has 1 unspecified atom stereocenters. The average molecular weight is 511 g/mol. The van der Waals surface area contributed by atoms with Crippen LogP contribution in [0.2, 0.25) is 0 Å². The van der Waals surface area contributed by atoms with Gasteiger partial charge in [-0.15, -0.1) is 0 Å². The molecule has 1 atom stereocenters. The number of nitrogens with zero attached hydrogens (tertiary/aromatic N) is 5. The Balaban J connectivity index is 1.63. The van der Waals surface area contributed by atoms with Gasteiger partial charge in [0.25, 0.3) is 0 Å². The summed E-state index contributed by atoms with van der Waals surface area (Å²) in [6.07, 6.45) is 3.15. The summed E-state index contributed by atoms with van der Waals surface area (Å²) in [5.41, 5.74) is 6.70. The largest absolute Gasteiger partial charge is 0.309 e. The fourth-order valence-corrected chi connectivity index (χ4v) is 4.99. The molecule has 3 aromatic carbocycles. The quantitative estimate of drug-likeness (QED) is 0.284. The van der Waals surface area contributed by atoms with Crippen molar-refractivity contribution in [1.82, 2.24) is 14.8 Å². The first-order valence-electron chi connectivity index (χ1n) is 11.8. The van der Waals surface area contributed by atoms with Gasteiger partial charge < -0.3 is 0 Å². The van der Waals surface area contributed by atoms with Crippen LogP contribution in [0, 0.1) is 11.3 Å². The molecule has 0 aliphatic carbocycles. The average Bonchev–Trinajstić information content (AvgIpc) is 3.24. The number of hydrogen-bond acceptors (Lipinski definition) is 4. The fourth-order valence-electron chi connectivity index (χ4n) is 4.48. The molecule has 0 aliphatic heterocycles. The molecule has 5 aromatic rings. The number of aryl methyl sites for hydroxylation is 1. The Morgan fingerprint density at radius 2 is 1.62 bits per heavy atom. The third kappa shape index (κ3) is 4.37. The van der Waals surface area contributed by atoms with E-state index in [1.54, 1.807) is 7.05 Å². The summed E-state index contributed by atoms with van der Waals surface area (Å²) < 4.78 is 25.1. The lowest BCUT2D eigenvalue weighted by Gasteiger charge is -2.15. The lowest BCUT2D eigenvalue weighted by atomic mass is 9.86. The van der Waals surface area contributed by atoms with E-state index in [4.69, 9.17) is 5.10 Å². The number of anilines is 1. The summed E-state index contributed by atoms with van der Waals surface area (Å²) in [4.78, 5) is 4.67. The molecule has 37 heavy (non-hydrogen) atoms. The molecule has 0 amide bonds. The maximum atomic E-state index is 12.0. The lowest BCUT2D eigenvalue weighted by molar-refractivity contribution is 0.502. The topological polar surface area (TPSA) is 95.0 Å². The summed E-state index contributed by atoms with van der Waals surface area (Å²) in [7, 11) is 0.442. The van der Waals surface area contributed by atoms with E-state index in [2.05, 4.69) is 17.1 Å². The van der Waals surface area contributed by atoms with Crippen LogP contribution in [0.15, 0.2) is 72.9 Å². The highest BCUT2D eigenvalue weighted by molar-refractivity contribution is 7.98. The number of aromatic nitrogens is 3. The second kappa shape index (κ2) is 8.80. The molecule has 0 bridgehead atoms. The molecule has 0 fully saturated rings. The molecule has 1 N–H and O–H groups in total. The van der Waals surface area contributed by atoms with Crippen LogP contribution in [-0.4, -0.2) is 32.6 Å². The van der Waals surface area contributed by atoms with Gasteiger partial charge in [-0.3, -0.25) is 9.67 Å². The van der Waals surface area contributed by atoms with Gasteiger partial charge in [0.05, 0.1) is 41.4 Å². The zero-order valence-electron chi connectivity index (χ0n) is 21.4. The van der Waals surface area contributed by atoms with Crippen molar-refractivity contribution in [3.05, 3.63) is 78.5 Å². The second-order valence-electron chi connectivity index (χ2n) is 9.84. The van der Waals surface area contributed by atoms with E-state index in [1.165, 1.54) is 10.6 Å². The Kier molecular flexibility index (Phi) is 5.86. The molecular formula is C29H28N5O2S+. The number of fused-ring (bicyclic) bond motifs is 3. The van der Waals surface area contributed by atoms with E-state index >= 15 is 0 Å². The fraction of sp³-hybridized carbons (Fsp3) is 0.207. The number of benzene rings is 3. The van der Waals surface area contributed by atoms with E-state index in [1.807, 2.05) is 92.4 Å². The van der Waals surface area contributed by atoms with Crippen molar-refractivity contribution in [3.63, 3.8) is 0 Å². The first-order chi connectivity index (χ1) is 17.5. The van der Waals surface area contributed by atoms with Crippen LogP contribution in [0.25, 0.3) is 44.2 Å². The molecule has 186 valence electrons. The molecule has 0 saturated carbocycles. The van der Waals surface area contributed by atoms with Crippen LogP contribution < -0.4 is 4.31 Å². The molecule has 8 heteroatoms. The molecule has 7 nitrogen and oxygen atoms in total. The highest BCUT2D eigenvalue weighted by atomic mass is 32.3. The van der Waals surface area contributed by atoms with Crippen molar-refractivity contribution in [1.29, 1.82) is 5.26 Å². The Morgan fingerprint density at radius 1 is 1.00 bits per heavy atom. The molecule has 0 radical (unpaired) electrons. The van der Waals surface area contributed by atoms with E-state index in [0.717, 1.165) is 49.8 Å². The molecular weight excluding hydrogens is 482 g/mol. The van der Waals surface area contributed by atoms with Gasteiger partial charge in [-0.1, -0.05) is 42.5 Å². The third-order valence-electron chi connectivity index (χ3n) is 6.92. The van der Waals surface area contributed by atoms with Gasteiger partial charge in [-0.05, 0) is 59.0 Å². The monoisotopic (exact) mass is 510 g/mol. The number of pyridine rings is 1. The summed E-state index contributed by atoms with van der Waals surface area (Å²) in [5.74, 6) is 0. The van der Waals surface area contributed by atoms with Gasteiger partial charge in [0.15, 0.2) is 6.26 Å². The van der Waals surface area contributed by atoms with Gasteiger partial charge in [0.2, 0.25) is 0 Å². The van der Waals surface area contributed by atoms with Crippen LogP contribution in [0.1, 0.15) is 19.4 Å². The minimum absolute atomic E-state index is 0.564. The number of hydrogen-bond donors (Lipinski definition) is 1. The van der Waals surface area contributed by atoms with E-state index < -0.39 is 15.8 Å². The lowest BCUT2D eigenvalue weighted by Crippen LogP contribution is -2.30. The third-order valence-corrected chi connectivity index (χ3v) is 8.14. The SMILES string of the molecule is CN(c1ccc(-c2ccc3ncc4c(c(-c5ccc(C(C)(C)C#N)cc5)nn4C)c3c2)cc1)[S+](C)(=O)O. The van der Waals surface area contributed by atoms with Crippen LogP contribution in [0.4, 0.5) is 5.69 Å². The van der Waals surface area contributed by atoms with Gasteiger partial charge in [-0.25, -0.2) is 0 Å². The second-order valence-corrected chi connectivity index (χ2v) is 11.9. The minimum atomic E-state index is -3.08. The molecule has 0 saturated heterocycles. The predicted octanol–water partition coefficient (Wildman–Crippen LogP) is 6.21. The van der Waals surface area contributed by atoms with Crippen molar-refractivity contribution >= 4 is 37.9 Å². The standard InChI is InChI=1S/C29H27N5O2S/c1-29(2,18-30)22-11-6-20(7-12-22)28-27-24-16-21(10-15-25(24)31-17-26(27)33(3)32-28)19-8-13-23(14-9-19)34(4)37(5,35)36/h6-17H,1-5H3/p+1. The van der Waals surface area contributed by atoms with Crippen molar-refractivity contribution < 1.29 is 8.76 Å². The van der Waals surface area contributed by atoms with Crippen LogP contribution in [0.5, 0.6) is 0 Å². The van der Waals surface area contributed by atoms with Crippen molar-refractivity contribution in [2.24, 2.45) is 7.05 Å². The smallest absolute Gasteiger partial charge is 0.266 e. The zero-order chi connectivity index (χ0) is 26.5. The summed E-state index contributed by atoms with van der Waals surface area (Å²) in [6.45, 7) is 3.82. The van der Waals surface area contributed by atoms with Gasteiger partial charge in [-0.2, -0.15) is 19.2 Å². The Hall–Kier alpha value is -4.06. The molecule has 5 rings (SSSR count). The minimum Gasteiger partial charge on any atom is -0.266 e. The highest BCUT2D eigenvalue weighted by Crippen LogP contribution is 2.36. The zero-order valence-corrected chi connectivity index (χ0v) is 22.2. The summed E-state index contributed by atoms with van der Waals surface area (Å²) in [6, 6.07) is 24.1. The predicted molar refractivity (Wildman–Crippen MR) is 151 cm³/mol. The Bertz CT molecular complexity index is 1730. The number of rotatable bonds is 5. The van der Waals surface area contributed by atoms with E-state index in [9.17, 15) is 14.0 Å². The highest BCUT2D eigenvalue weighted by Gasteiger charge is 2.25. The normalized spacial score (nSPS) is 13.4. The van der Waals surface area contributed by atoms with Crippen LogP contribution in [-0.2, 0) is 27.1 Å². The summed E-state index contributed by atoms with van der Waals surface area (Å²) in [5, 5.41) is 16.3. The molecule has 2 heterocycles. The Morgan fingerprint density at radius 3 is 2.24 bits per heavy atom. The van der Waals surface area contributed by atoms with E-state index in [0.29, 0.717) is 5.69 Å². The maximum absolute atomic E-state index is 12.0. The Labute approximate surface area is 217 Å². The first kappa shape index (κ1) is 24.6. The van der Waals surface area contributed by atoms with Gasteiger partial charge in [0.1, 0.15) is 5.69 Å². The van der Waals surface area contributed by atoms with Crippen molar-refractivity contribution in [2.75, 3.05) is 17.6 Å². The number of nitriles is 1. The van der Waals surface area contributed by atoms with Gasteiger partial charge in [0, 0.05) is 23.4 Å². The van der Waals surface area contributed by atoms with Gasteiger partial charge >= 0.3 is 10.4 Å².